The third kappa shape index (κ3) is 4.54. The molecule has 3 rings (SSSR count). The van der Waals surface area contributed by atoms with Crippen LogP contribution < -0.4 is 5.32 Å². The van der Waals surface area contributed by atoms with Gasteiger partial charge in [-0.15, -0.1) is 0 Å². The predicted octanol–water partition coefficient (Wildman–Crippen LogP) is 4.19. The van der Waals surface area contributed by atoms with Crippen molar-refractivity contribution in [2.24, 2.45) is 0 Å². The van der Waals surface area contributed by atoms with Gasteiger partial charge in [0.1, 0.15) is 11.4 Å². The Kier molecular flexibility index (Phi) is 5.96. The molecule has 4 heteroatoms. The summed E-state index contributed by atoms with van der Waals surface area (Å²) in [6.45, 7) is 6.79. The molecule has 130 valence electrons. The van der Waals surface area contributed by atoms with Crippen LogP contribution in [0.2, 0.25) is 0 Å². The minimum Gasteiger partial charge on any atom is -0.311 e. The average Bonchev–Trinajstić information content (AvgIpc) is 3.04. The third-order valence-corrected chi connectivity index (χ3v) is 4.34. The summed E-state index contributed by atoms with van der Waals surface area (Å²) in [6.07, 6.45) is 2.37. The van der Waals surface area contributed by atoms with E-state index in [9.17, 15) is 0 Å². The molecular weight excluding hydrogens is 308 g/mol. The van der Waals surface area contributed by atoms with Crippen LogP contribution in [0.4, 0.5) is 0 Å². The number of aromatic nitrogens is 3. The molecule has 0 fully saturated rings. The van der Waals surface area contributed by atoms with Crippen molar-refractivity contribution in [2.75, 3.05) is 6.54 Å². The van der Waals surface area contributed by atoms with Gasteiger partial charge in [-0.25, -0.2) is 0 Å². The Morgan fingerprint density at radius 2 is 1.72 bits per heavy atom. The third-order valence-electron chi connectivity index (χ3n) is 4.34. The molecule has 1 heterocycles. The first-order valence-corrected chi connectivity index (χ1v) is 9.02. The van der Waals surface area contributed by atoms with Gasteiger partial charge in [0.15, 0.2) is 0 Å². The van der Waals surface area contributed by atoms with Crippen molar-refractivity contribution in [1.82, 2.24) is 20.3 Å². The molecule has 0 aliphatic heterocycles. The van der Waals surface area contributed by atoms with Gasteiger partial charge in [0, 0.05) is 12.1 Å². The molecule has 0 aliphatic carbocycles. The first-order valence-electron chi connectivity index (χ1n) is 9.02. The van der Waals surface area contributed by atoms with Crippen molar-refractivity contribution >= 4 is 0 Å². The van der Waals surface area contributed by atoms with Gasteiger partial charge in [-0.05, 0) is 31.0 Å². The van der Waals surface area contributed by atoms with E-state index in [0.29, 0.717) is 6.54 Å². The molecule has 2 aromatic carbocycles. The molecule has 0 bridgehead atoms. The van der Waals surface area contributed by atoms with Crippen LogP contribution in [0, 0.1) is 6.92 Å². The lowest BCUT2D eigenvalue weighted by molar-refractivity contribution is 0.571. The quantitative estimate of drug-likeness (QED) is 0.628. The van der Waals surface area contributed by atoms with Crippen molar-refractivity contribution < 1.29 is 0 Å². The molecule has 0 saturated heterocycles. The highest BCUT2D eigenvalue weighted by atomic mass is 15.5. The van der Waals surface area contributed by atoms with Crippen LogP contribution in [0.25, 0.3) is 11.3 Å². The Balaban J connectivity index is 1.84. The fourth-order valence-corrected chi connectivity index (χ4v) is 2.84. The Labute approximate surface area is 149 Å². The number of nitrogens with one attached hydrogen (secondary N) is 1. The zero-order valence-electron chi connectivity index (χ0n) is 15.1. The molecule has 0 spiro atoms. The summed E-state index contributed by atoms with van der Waals surface area (Å²) in [7, 11) is 0. The van der Waals surface area contributed by atoms with E-state index < -0.39 is 0 Å². The summed E-state index contributed by atoms with van der Waals surface area (Å²) in [6, 6.07) is 18.7. The van der Waals surface area contributed by atoms with E-state index in [2.05, 4.69) is 55.6 Å². The Morgan fingerprint density at radius 1 is 0.960 bits per heavy atom. The number of hydrogen-bond acceptors (Lipinski definition) is 3. The Morgan fingerprint density at radius 3 is 2.48 bits per heavy atom. The lowest BCUT2D eigenvalue weighted by Crippen LogP contribution is -2.15. The summed E-state index contributed by atoms with van der Waals surface area (Å²) < 4.78 is 0. The zero-order chi connectivity index (χ0) is 17.5. The van der Waals surface area contributed by atoms with Crippen LogP contribution in [0.1, 0.15) is 36.6 Å². The monoisotopic (exact) mass is 334 g/mol. The number of unbranched alkanes of at least 4 members (excludes halogenated alkanes) is 1. The second kappa shape index (κ2) is 8.58. The van der Waals surface area contributed by atoms with Crippen molar-refractivity contribution in [3.63, 3.8) is 0 Å². The molecular formula is C21H26N4. The number of hydrogen-bond donors (Lipinski definition) is 1. The minimum absolute atomic E-state index is 0.696. The van der Waals surface area contributed by atoms with Gasteiger partial charge in [-0.3, -0.25) is 0 Å². The van der Waals surface area contributed by atoms with Gasteiger partial charge in [0.05, 0.1) is 6.54 Å². The highest BCUT2D eigenvalue weighted by molar-refractivity contribution is 5.60. The first kappa shape index (κ1) is 17.4. The van der Waals surface area contributed by atoms with E-state index >= 15 is 0 Å². The molecule has 0 unspecified atom stereocenters. The topological polar surface area (TPSA) is 42.7 Å². The smallest absolute Gasteiger partial charge is 0.117 e. The molecule has 0 radical (unpaired) electrons. The number of nitrogens with zero attached hydrogens (tertiary/aromatic N) is 3. The molecule has 4 nitrogen and oxygen atoms in total. The van der Waals surface area contributed by atoms with Gasteiger partial charge < -0.3 is 5.32 Å². The number of benzene rings is 2. The van der Waals surface area contributed by atoms with Crippen molar-refractivity contribution in [2.45, 2.75) is 39.8 Å². The fraction of sp³-hybridized carbons (Fsp3) is 0.333. The second-order valence-corrected chi connectivity index (χ2v) is 6.35. The van der Waals surface area contributed by atoms with E-state index in [0.717, 1.165) is 30.0 Å². The Bertz CT molecular complexity index is 793. The maximum Gasteiger partial charge on any atom is 0.117 e. The van der Waals surface area contributed by atoms with E-state index in [1.54, 1.807) is 0 Å². The fourth-order valence-electron chi connectivity index (χ4n) is 2.84. The normalized spacial score (nSPS) is 11.0. The molecule has 3 aromatic rings. The lowest BCUT2D eigenvalue weighted by atomic mass is 10.1. The highest BCUT2D eigenvalue weighted by Gasteiger charge is 2.13. The largest absolute Gasteiger partial charge is 0.311 e. The Hall–Kier alpha value is -2.46. The van der Waals surface area contributed by atoms with Crippen LogP contribution in [-0.4, -0.2) is 21.5 Å². The molecule has 0 aliphatic rings. The SMILES string of the molecule is CCCCNCc1nn(Cc2ccccc2C)nc1-c1ccccc1. The van der Waals surface area contributed by atoms with Crippen LogP contribution in [-0.2, 0) is 13.1 Å². The van der Waals surface area contributed by atoms with Gasteiger partial charge in [0.25, 0.3) is 0 Å². The summed E-state index contributed by atoms with van der Waals surface area (Å²) in [5.74, 6) is 0. The van der Waals surface area contributed by atoms with E-state index in [4.69, 9.17) is 10.2 Å². The van der Waals surface area contributed by atoms with Crippen LogP contribution in [0.15, 0.2) is 54.6 Å². The molecule has 1 N–H and O–H groups in total. The van der Waals surface area contributed by atoms with E-state index in [1.807, 2.05) is 23.0 Å². The van der Waals surface area contributed by atoms with E-state index in [1.165, 1.54) is 24.0 Å². The summed E-state index contributed by atoms with van der Waals surface area (Å²) in [5, 5.41) is 13.0. The van der Waals surface area contributed by atoms with Crippen molar-refractivity contribution in [3.05, 3.63) is 71.4 Å². The van der Waals surface area contributed by atoms with Gasteiger partial charge in [0.2, 0.25) is 0 Å². The summed E-state index contributed by atoms with van der Waals surface area (Å²) >= 11 is 0. The van der Waals surface area contributed by atoms with Crippen molar-refractivity contribution in [1.29, 1.82) is 0 Å². The number of aryl methyl sites for hydroxylation is 1. The summed E-state index contributed by atoms with van der Waals surface area (Å²) in [4.78, 5) is 1.82. The molecule has 0 atom stereocenters. The lowest BCUT2D eigenvalue weighted by Gasteiger charge is -2.04. The maximum atomic E-state index is 4.78. The zero-order valence-corrected chi connectivity index (χ0v) is 15.1. The molecule has 0 saturated carbocycles. The maximum absolute atomic E-state index is 4.78. The highest BCUT2D eigenvalue weighted by Crippen LogP contribution is 2.20. The second-order valence-electron chi connectivity index (χ2n) is 6.35. The van der Waals surface area contributed by atoms with Gasteiger partial charge >= 0.3 is 0 Å². The standard InChI is InChI=1S/C21H26N4/c1-3-4-14-22-15-20-21(18-11-6-5-7-12-18)24-25(23-20)16-19-13-9-8-10-17(19)2/h5-13,22H,3-4,14-16H2,1-2H3. The van der Waals surface area contributed by atoms with Crippen molar-refractivity contribution in [3.8, 4) is 11.3 Å². The van der Waals surface area contributed by atoms with Crippen LogP contribution >= 0.6 is 0 Å². The number of rotatable bonds is 8. The van der Waals surface area contributed by atoms with Gasteiger partial charge in [-0.2, -0.15) is 15.0 Å². The van der Waals surface area contributed by atoms with E-state index in [-0.39, 0.29) is 0 Å². The van der Waals surface area contributed by atoms with Crippen LogP contribution in [0.5, 0.6) is 0 Å². The first-order chi connectivity index (χ1) is 12.3. The summed E-state index contributed by atoms with van der Waals surface area (Å²) in [5.41, 5.74) is 5.62. The average molecular weight is 334 g/mol. The molecule has 25 heavy (non-hydrogen) atoms. The van der Waals surface area contributed by atoms with Gasteiger partial charge in [-0.1, -0.05) is 67.9 Å². The molecule has 0 amide bonds. The molecule has 1 aromatic heterocycles. The van der Waals surface area contributed by atoms with Crippen LogP contribution in [0.3, 0.4) is 0 Å². The minimum atomic E-state index is 0.696. The predicted molar refractivity (Wildman–Crippen MR) is 102 cm³/mol.